The standard InChI is InChI=1S/C42H62O12/c1-37(2,3)50-33(43)47-30-21-20-29(25-31(30)48-34(44)51-38(4,5)6)41(13,14)28-18-16-26(17-19-28)27-22-23-42(15,54-36(46)53-40(10,11)12)32(24-27)49-35(45)52-39(7,8)9/h20-28H,16-19H2,1-15H3. The topological polar surface area (TPSA) is 142 Å². The molecule has 0 radical (unpaired) electrons. The van der Waals surface area contributed by atoms with Crippen LogP contribution in [0.3, 0.4) is 0 Å². The molecule has 2 aliphatic carbocycles. The zero-order chi connectivity index (χ0) is 41.1. The van der Waals surface area contributed by atoms with Crippen LogP contribution in [0.4, 0.5) is 19.2 Å². The van der Waals surface area contributed by atoms with E-state index < -0.39 is 52.6 Å². The Labute approximate surface area is 321 Å². The minimum Gasteiger partial charge on any atom is -0.429 e. The van der Waals surface area contributed by atoms with Crippen molar-refractivity contribution < 1.29 is 57.1 Å². The van der Waals surface area contributed by atoms with Gasteiger partial charge in [0.15, 0.2) is 22.9 Å². The SMILES string of the molecule is CC(C)(C)OC(=O)OC1=CC(C2CCC(C(C)(C)c3ccc(OC(=O)OC(C)(C)C)c(OC(=O)OC(C)(C)C)c3)CC2)C=CC1(C)OC(=O)OC(C)(C)C. The lowest BCUT2D eigenvalue weighted by molar-refractivity contribution is -0.0546. The lowest BCUT2D eigenvalue weighted by atomic mass is 9.64. The molecule has 0 aromatic heterocycles. The summed E-state index contributed by atoms with van der Waals surface area (Å²) in [7, 11) is 0. The number of carbonyl (C=O) groups is 4. The van der Waals surface area contributed by atoms with Crippen LogP contribution in [0.25, 0.3) is 0 Å². The van der Waals surface area contributed by atoms with Crippen molar-refractivity contribution in [3.05, 3.63) is 47.7 Å². The molecule has 12 nitrogen and oxygen atoms in total. The summed E-state index contributed by atoms with van der Waals surface area (Å²) >= 11 is 0. The van der Waals surface area contributed by atoms with Crippen LogP contribution in [0.1, 0.15) is 135 Å². The monoisotopic (exact) mass is 758 g/mol. The van der Waals surface area contributed by atoms with Gasteiger partial charge in [0.25, 0.3) is 0 Å². The van der Waals surface area contributed by atoms with Crippen LogP contribution in [0, 0.1) is 17.8 Å². The second-order valence-corrected chi connectivity index (χ2v) is 18.8. The maximum absolute atomic E-state index is 12.8. The van der Waals surface area contributed by atoms with E-state index in [-0.39, 0.29) is 40.4 Å². The van der Waals surface area contributed by atoms with E-state index in [0.717, 1.165) is 31.2 Å². The van der Waals surface area contributed by atoms with Gasteiger partial charge in [-0.25, -0.2) is 19.2 Å². The lowest BCUT2D eigenvalue weighted by Crippen LogP contribution is -2.40. The molecule has 0 aliphatic heterocycles. The molecule has 2 atom stereocenters. The average Bonchev–Trinajstić information content (AvgIpc) is 2.95. The highest BCUT2D eigenvalue weighted by Gasteiger charge is 2.42. The lowest BCUT2D eigenvalue weighted by Gasteiger charge is -2.42. The summed E-state index contributed by atoms with van der Waals surface area (Å²) in [6.07, 6.45) is 5.42. The molecule has 1 saturated carbocycles. The van der Waals surface area contributed by atoms with Gasteiger partial charge in [-0.2, -0.15) is 0 Å². The van der Waals surface area contributed by atoms with Gasteiger partial charge < -0.3 is 37.9 Å². The molecule has 0 saturated heterocycles. The molecule has 54 heavy (non-hydrogen) atoms. The van der Waals surface area contributed by atoms with E-state index in [1.54, 1.807) is 108 Å². The number of hydrogen-bond acceptors (Lipinski definition) is 12. The molecule has 1 fully saturated rings. The maximum Gasteiger partial charge on any atom is 0.514 e. The number of hydrogen-bond donors (Lipinski definition) is 0. The van der Waals surface area contributed by atoms with E-state index in [1.807, 2.05) is 18.2 Å². The summed E-state index contributed by atoms with van der Waals surface area (Å²) in [6.45, 7) is 26.7. The summed E-state index contributed by atoms with van der Waals surface area (Å²) in [5, 5.41) is 0. The van der Waals surface area contributed by atoms with Crippen LogP contribution in [-0.2, 0) is 33.8 Å². The van der Waals surface area contributed by atoms with Gasteiger partial charge in [0.1, 0.15) is 22.4 Å². The summed E-state index contributed by atoms with van der Waals surface area (Å²) in [6, 6.07) is 5.19. The molecule has 0 heterocycles. The van der Waals surface area contributed by atoms with E-state index in [2.05, 4.69) is 13.8 Å². The Morgan fingerprint density at radius 2 is 1.04 bits per heavy atom. The van der Waals surface area contributed by atoms with E-state index in [1.165, 1.54) is 0 Å². The molecule has 1 aromatic rings. The molecule has 302 valence electrons. The molecule has 0 bridgehead atoms. The highest BCUT2D eigenvalue weighted by atomic mass is 16.8. The quantitative estimate of drug-likeness (QED) is 0.113. The Balaban J connectivity index is 1.83. The van der Waals surface area contributed by atoms with Gasteiger partial charge in [0.2, 0.25) is 0 Å². The molecule has 2 unspecified atom stereocenters. The van der Waals surface area contributed by atoms with Crippen LogP contribution < -0.4 is 9.47 Å². The van der Waals surface area contributed by atoms with Crippen LogP contribution in [0.15, 0.2) is 42.2 Å². The summed E-state index contributed by atoms with van der Waals surface area (Å²) in [5.74, 6) is 0.592. The molecule has 12 heteroatoms. The fourth-order valence-electron chi connectivity index (χ4n) is 6.35. The molecule has 0 amide bonds. The number of benzene rings is 1. The molecular weight excluding hydrogens is 696 g/mol. The fourth-order valence-corrected chi connectivity index (χ4v) is 6.35. The predicted octanol–water partition coefficient (Wildman–Crippen LogP) is 11.1. The van der Waals surface area contributed by atoms with E-state index in [9.17, 15) is 19.2 Å². The zero-order valence-corrected chi connectivity index (χ0v) is 34.9. The van der Waals surface area contributed by atoms with Crippen molar-refractivity contribution in [2.75, 3.05) is 0 Å². The smallest absolute Gasteiger partial charge is 0.429 e. The van der Waals surface area contributed by atoms with Crippen molar-refractivity contribution in [2.24, 2.45) is 17.8 Å². The Bertz CT molecular complexity index is 1580. The molecule has 3 rings (SSSR count). The van der Waals surface area contributed by atoms with Gasteiger partial charge in [-0.15, -0.1) is 0 Å². The highest BCUT2D eigenvalue weighted by Crippen LogP contribution is 2.47. The van der Waals surface area contributed by atoms with Gasteiger partial charge in [-0.1, -0.05) is 26.0 Å². The summed E-state index contributed by atoms with van der Waals surface area (Å²) in [5.41, 5.74) is -4.02. The summed E-state index contributed by atoms with van der Waals surface area (Å²) < 4.78 is 44.1. The molecular formula is C42H62O12. The van der Waals surface area contributed by atoms with Gasteiger partial charge in [0, 0.05) is 5.92 Å². The Morgan fingerprint density at radius 1 is 0.593 bits per heavy atom. The predicted molar refractivity (Wildman–Crippen MR) is 202 cm³/mol. The first-order valence-electron chi connectivity index (χ1n) is 18.7. The van der Waals surface area contributed by atoms with Gasteiger partial charge in [-0.05, 0) is 163 Å². The van der Waals surface area contributed by atoms with Gasteiger partial charge in [-0.3, -0.25) is 0 Å². The largest absolute Gasteiger partial charge is 0.514 e. The second-order valence-electron chi connectivity index (χ2n) is 18.8. The third-order valence-corrected chi connectivity index (χ3v) is 8.93. The van der Waals surface area contributed by atoms with Crippen molar-refractivity contribution in [3.8, 4) is 11.5 Å². The first-order chi connectivity index (χ1) is 24.4. The molecule has 0 spiro atoms. The molecule has 2 aliphatic rings. The average molecular weight is 759 g/mol. The number of rotatable bonds is 7. The Kier molecular flexibility index (Phi) is 13.3. The third-order valence-electron chi connectivity index (χ3n) is 8.93. The van der Waals surface area contributed by atoms with Crippen LogP contribution >= 0.6 is 0 Å². The fraction of sp³-hybridized carbons (Fsp3) is 0.667. The number of allylic oxidation sites excluding steroid dienone is 2. The second kappa shape index (κ2) is 16.3. The van der Waals surface area contributed by atoms with Crippen molar-refractivity contribution in [2.45, 2.75) is 163 Å². The Hall–Kier alpha value is -4.22. The van der Waals surface area contributed by atoms with Crippen molar-refractivity contribution >= 4 is 24.6 Å². The maximum atomic E-state index is 12.8. The Morgan fingerprint density at radius 3 is 1.52 bits per heavy atom. The van der Waals surface area contributed by atoms with E-state index in [0.29, 0.717) is 0 Å². The normalized spacial score (nSPS) is 22.3. The first kappa shape index (κ1) is 44.2. The minimum atomic E-state index is -1.40. The summed E-state index contributed by atoms with van der Waals surface area (Å²) in [4.78, 5) is 50.9. The van der Waals surface area contributed by atoms with E-state index in [4.69, 9.17) is 37.9 Å². The van der Waals surface area contributed by atoms with Crippen LogP contribution in [0.5, 0.6) is 11.5 Å². The first-order valence-corrected chi connectivity index (χ1v) is 18.7. The van der Waals surface area contributed by atoms with Crippen molar-refractivity contribution in [3.63, 3.8) is 0 Å². The van der Waals surface area contributed by atoms with Gasteiger partial charge >= 0.3 is 24.6 Å². The van der Waals surface area contributed by atoms with E-state index >= 15 is 0 Å². The van der Waals surface area contributed by atoms with Crippen LogP contribution in [-0.4, -0.2) is 52.6 Å². The van der Waals surface area contributed by atoms with Crippen LogP contribution in [0.2, 0.25) is 0 Å². The van der Waals surface area contributed by atoms with Crippen molar-refractivity contribution in [1.82, 2.24) is 0 Å². The van der Waals surface area contributed by atoms with Crippen molar-refractivity contribution in [1.29, 1.82) is 0 Å². The highest BCUT2D eigenvalue weighted by molar-refractivity contribution is 5.70. The number of ether oxygens (including phenoxy) is 8. The molecule has 0 N–H and O–H groups in total. The number of carbonyl (C=O) groups excluding carboxylic acids is 4. The minimum absolute atomic E-state index is 0.0290. The van der Waals surface area contributed by atoms with Gasteiger partial charge in [0.05, 0.1) is 0 Å². The zero-order valence-electron chi connectivity index (χ0n) is 34.9. The third kappa shape index (κ3) is 13.6. The molecule has 1 aromatic carbocycles.